The highest BCUT2D eigenvalue weighted by Gasteiger charge is 1.54. The van der Waals surface area contributed by atoms with Crippen molar-refractivity contribution in [3.8, 4) is 0 Å². The van der Waals surface area contributed by atoms with E-state index in [-0.39, 0.29) is 0 Å². The maximum Gasteiger partial charge on any atom is 0.119 e. The molecule has 0 heterocycles. The smallest absolute Gasteiger partial charge is 0.119 e. The maximum atomic E-state index is 4.52. The van der Waals surface area contributed by atoms with Gasteiger partial charge in [0.2, 0.25) is 0 Å². The standard InChI is InChI=1S/CH4INO/c2-1-4-3/h1,3H2. The van der Waals surface area contributed by atoms with Crippen molar-refractivity contribution in [2.24, 2.45) is 5.90 Å². The third-order valence-electron chi connectivity index (χ3n) is 0.0630. The van der Waals surface area contributed by atoms with E-state index in [9.17, 15) is 0 Å². The fourth-order valence-corrected chi connectivity index (χ4v) is 0. The fourth-order valence-electron chi connectivity index (χ4n) is 0. The maximum absolute atomic E-state index is 4.52. The summed E-state index contributed by atoms with van der Waals surface area (Å²) in [6, 6.07) is 0. The third-order valence-corrected chi connectivity index (χ3v) is 0.423. The average Bonchev–Trinajstić information content (AvgIpc) is 1.37. The Hall–Kier alpha value is 0.650. The molecule has 0 aliphatic heterocycles. The number of hydrogen-bond donors (Lipinski definition) is 1. The van der Waals surface area contributed by atoms with Crippen molar-refractivity contribution in [1.29, 1.82) is 0 Å². The Bertz CT molecular complexity index is 10.0. The minimum Gasteiger partial charge on any atom is -0.294 e. The number of halogens is 1. The van der Waals surface area contributed by atoms with Crippen LogP contribution in [0, 0.1) is 0 Å². The van der Waals surface area contributed by atoms with E-state index >= 15 is 0 Å². The average molecular weight is 173 g/mol. The van der Waals surface area contributed by atoms with E-state index in [0.717, 1.165) is 0 Å². The summed E-state index contributed by atoms with van der Waals surface area (Å²) in [4.78, 5) is 4.03. The van der Waals surface area contributed by atoms with Crippen molar-refractivity contribution in [2.75, 3.05) is 4.61 Å². The Balaban J connectivity index is 1.97. The molecule has 4 heavy (non-hydrogen) atoms. The summed E-state index contributed by atoms with van der Waals surface area (Å²) < 4.78 is 0.567. The molecule has 0 saturated heterocycles. The van der Waals surface area contributed by atoms with Gasteiger partial charge in [0.25, 0.3) is 0 Å². The molecule has 0 fully saturated rings. The highest BCUT2D eigenvalue weighted by molar-refractivity contribution is 14.1. The van der Waals surface area contributed by atoms with Gasteiger partial charge in [-0.05, 0) is 0 Å². The summed E-state index contributed by atoms with van der Waals surface area (Å²) >= 11 is 2.00. The van der Waals surface area contributed by atoms with Crippen molar-refractivity contribution < 1.29 is 4.84 Å². The quantitative estimate of drug-likeness (QED) is 0.351. The second kappa shape index (κ2) is 3.65. The molecular weight excluding hydrogens is 169 g/mol. The second-order valence-electron chi connectivity index (χ2n) is 0.276. The molecule has 0 radical (unpaired) electrons. The molecule has 0 aromatic heterocycles. The van der Waals surface area contributed by atoms with Crippen molar-refractivity contribution >= 4 is 22.6 Å². The summed E-state index contributed by atoms with van der Waals surface area (Å²) in [6.45, 7) is 0. The molecule has 3 heteroatoms. The Kier molecular flexibility index (Phi) is 4.24. The number of alkyl halides is 1. The summed E-state index contributed by atoms with van der Waals surface area (Å²) in [5.41, 5.74) is 0. The van der Waals surface area contributed by atoms with Crippen molar-refractivity contribution in [1.82, 2.24) is 0 Å². The van der Waals surface area contributed by atoms with E-state index in [1.165, 1.54) is 0 Å². The Morgan fingerprint density at radius 3 is 2.25 bits per heavy atom. The Labute approximate surface area is 38.4 Å². The van der Waals surface area contributed by atoms with Gasteiger partial charge in [-0.15, -0.1) is 0 Å². The summed E-state index contributed by atoms with van der Waals surface area (Å²) in [5, 5.41) is 0. The molecule has 2 N–H and O–H groups in total. The first-order valence-electron chi connectivity index (χ1n) is 0.792. The van der Waals surface area contributed by atoms with Gasteiger partial charge < -0.3 is 0 Å². The minimum atomic E-state index is 0.567. The number of nitrogens with two attached hydrogens (primary N) is 1. The molecule has 0 aromatic carbocycles. The van der Waals surface area contributed by atoms with E-state index in [0.29, 0.717) is 4.61 Å². The van der Waals surface area contributed by atoms with E-state index < -0.39 is 0 Å². The first-order chi connectivity index (χ1) is 1.91. The summed E-state index contributed by atoms with van der Waals surface area (Å²) in [5.74, 6) is 4.52. The molecule has 0 bridgehead atoms. The predicted molar refractivity (Wildman–Crippen MR) is 24.2 cm³/mol. The predicted octanol–water partition coefficient (Wildman–Crippen LogP) is 0.269. The van der Waals surface area contributed by atoms with Crippen LogP contribution in [0.25, 0.3) is 0 Å². The molecule has 0 aliphatic carbocycles. The molecule has 0 aliphatic rings. The van der Waals surface area contributed by atoms with Crippen molar-refractivity contribution in [2.45, 2.75) is 0 Å². The molecular formula is CH4INO. The molecule has 0 aromatic rings. The van der Waals surface area contributed by atoms with Gasteiger partial charge in [-0.1, -0.05) is 22.6 Å². The van der Waals surface area contributed by atoms with Crippen LogP contribution >= 0.6 is 22.6 Å². The normalized spacial score (nSPS) is 7.50. The lowest BCUT2D eigenvalue weighted by molar-refractivity contribution is 0.198. The SMILES string of the molecule is NOCI. The van der Waals surface area contributed by atoms with Crippen LogP contribution in [-0.2, 0) is 4.84 Å². The molecule has 0 atom stereocenters. The highest BCUT2D eigenvalue weighted by atomic mass is 127. The van der Waals surface area contributed by atoms with Crippen LogP contribution < -0.4 is 5.90 Å². The zero-order chi connectivity index (χ0) is 3.41. The zero-order valence-corrected chi connectivity index (χ0v) is 4.23. The summed E-state index contributed by atoms with van der Waals surface area (Å²) in [7, 11) is 0. The van der Waals surface area contributed by atoms with Crippen LogP contribution in [0.15, 0.2) is 0 Å². The van der Waals surface area contributed by atoms with Gasteiger partial charge in [0.05, 0.1) is 0 Å². The molecule has 0 saturated carbocycles. The van der Waals surface area contributed by atoms with Gasteiger partial charge in [-0.2, -0.15) is 0 Å². The molecule has 0 rings (SSSR count). The topological polar surface area (TPSA) is 35.2 Å². The molecule has 2 nitrogen and oxygen atoms in total. The first-order valence-corrected chi connectivity index (χ1v) is 2.32. The lowest BCUT2D eigenvalue weighted by Crippen LogP contribution is -1.92. The van der Waals surface area contributed by atoms with Gasteiger partial charge >= 0.3 is 0 Å². The largest absolute Gasteiger partial charge is 0.294 e. The van der Waals surface area contributed by atoms with Crippen LogP contribution in [0.2, 0.25) is 0 Å². The zero-order valence-electron chi connectivity index (χ0n) is 2.07. The number of hydrogen-bond acceptors (Lipinski definition) is 2. The van der Waals surface area contributed by atoms with Crippen molar-refractivity contribution in [3.05, 3.63) is 0 Å². The van der Waals surface area contributed by atoms with Gasteiger partial charge in [-0.25, -0.2) is 5.90 Å². The van der Waals surface area contributed by atoms with Gasteiger partial charge in [0.15, 0.2) is 0 Å². The van der Waals surface area contributed by atoms with Crippen LogP contribution in [0.4, 0.5) is 0 Å². The van der Waals surface area contributed by atoms with E-state index in [1.807, 2.05) is 22.6 Å². The molecule has 0 amide bonds. The second-order valence-corrected chi connectivity index (χ2v) is 0.899. The van der Waals surface area contributed by atoms with E-state index in [1.54, 1.807) is 0 Å². The van der Waals surface area contributed by atoms with Crippen LogP contribution in [0.3, 0.4) is 0 Å². The molecule has 26 valence electrons. The molecule has 0 unspecified atom stereocenters. The monoisotopic (exact) mass is 173 g/mol. The first kappa shape index (κ1) is 4.65. The van der Waals surface area contributed by atoms with Crippen molar-refractivity contribution in [3.63, 3.8) is 0 Å². The van der Waals surface area contributed by atoms with E-state index in [2.05, 4.69) is 10.7 Å². The summed E-state index contributed by atoms with van der Waals surface area (Å²) in [6.07, 6.45) is 0. The van der Waals surface area contributed by atoms with Crippen LogP contribution in [-0.4, -0.2) is 4.61 Å². The highest BCUT2D eigenvalue weighted by Crippen LogP contribution is 1.71. The van der Waals surface area contributed by atoms with Crippen LogP contribution in [0.1, 0.15) is 0 Å². The van der Waals surface area contributed by atoms with Gasteiger partial charge in [0, 0.05) is 0 Å². The van der Waals surface area contributed by atoms with Crippen LogP contribution in [0.5, 0.6) is 0 Å². The lowest BCUT2D eigenvalue weighted by atomic mass is 11.7. The lowest BCUT2D eigenvalue weighted by Gasteiger charge is -1.74. The van der Waals surface area contributed by atoms with Gasteiger partial charge in [-0.3, -0.25) is 4.84 Å². The fraction of sp³-hybridized carbons (Fsp3) is 1.00. The Morgan fingerprint density at radius 2 is 2.25 bits per heavy atom. The van der Waals surface area contributed by atoms with E-state index in [4.69, 9.17) is 0 Å². The third kappa shape index (κ3) is 2.65. The minimum absolute atomic E-state index is 0.567. The number of rotatable bonds is 1. The molecule has 0 spiro atoms. The van der Waals surface area contributed by atoms with Gasteiger partial charge in [0.1, 0.15) is 4.61 Å². The Morgan fingerprint density at radius 1 is 2.00 bits per heavy atom.